The summed E-state index contributed by atoms with van der Waals surface area (Å²) in [4.78, 5) is 18.4. The molecular weight excluding hydrogens is 830 g/mol. The highest BCUT2D eigenvalue weighted by Crippen LogP contribution is 2.38. The molecule has 2 aliphatic rings. The summed E-state index contributed by atoms with van der Waals surface area (Å²) in [5.74, 6) is 0. The number of piperidine rings is 1. The van der Waals surface area contributed by atoms with Gasteiger partial charge < -0.3 is 15.5 Å². The van der Waals surface area contributed by atoms with Crippen molar-refractivity contribution in [2.24, 2.45) is 0 Å². The van der Waals surface area contributed by atoms with Gasteiger partial charge in [-0.15, -0.1) is 12.4 Å². The number of halogens is 1. The van der Waals surface area contributed by atoms with Crippen LogP contribution in [0.2, 0.25) is 0 Å². The summed E-state index contributed by atoms with van der Waals surface area (Å²) in [6.45, 7) is 1.68. The Morgan fingerprint density at radius 1 is 0.446 bits per heavy atom. The molecule has 0 spiro atoms. The number of fused-ring (bicyclic) bond motifs is 4. The van der Waals surface area contributed by atoms with Crippen molar-refractivity contribution in [1.82, 2.24) is 44.5 Å². The number of nitrogens with one attached hydrogen (secondary N) is 1. The lowest BCUT2D eigenvalue weighted by Crippen LogP contribution is -2.39. The van der Waals surface area contributed by atoms with Crippen LogP contribution in [0.3, 0.4) is 0 Å². The molecule has 1 saturated heterocycles. The number of aromatic nitrogens is 8. The van der Waals surface area contributed by atoms with E-state index in [-0.39, 0.29) is 12.4 Å². The van der Waals surface area contributed by atoms with Crippen LogP contribution in [0.1, 0.15) is 56.1 Å². The van der Waals surface area contributed by atoms with Gasteiger partial charge in [-0.3, -0.25) is 9.97 Å². The molecule has 0 radical (unpaired) electrons. The van der Waals surface area contributed by atoms with Crippen LogP contribution in [0.25, 0.3) is 77.6 Å². The van der Waals surface area contributed by atoms with Crippen LogP contribution in [-0.4, -0.2) is 62.5 Å². The first kappa shape index (κ1) is 42.1. The Labute approximate surface area is 382 Å². The highest BCUT2D eigenvalue weighted by atomic mass is 35.5. The minimum atomic E-state index is -0.740. The average Bonchev–Trinajstić information content (AvgIpc) is 3.98. The van der Waals surface area contributed by atoms with E-state index in [9.17, 15) is 10.2 Å². The number of para-hydroxylation sites is 2. The van der Waals surface area contributed by atoms with Gasteiger partial charge in [-0.25, -0.2) is 19.0 Å². The number of hydrogen-bond acceptors (Lipinski definition) is 9. The van der Waals surface area contributed by atoms with Crippen molar-refractivity contribution in [1.29, 1.82) is 0 Å². The van der Waals surface area contributed by atoms with Gasteiger partial charge in [0, 0.05) is 70.2 Å². The molecule has 1 saturated carbocycles. The fraction of sp³-hybridized carbons (Fsp3) is 0.208. The number of pyridine rings is 2. The van der Waals surface area contributed by atoms with E-state index in [4.69, 9.17) is 9.97 Å². The minimum Gasteiger partial charge on any atom is -0.385 e. The van der Waals surface area contributed by atoms with Crippen molar-refractivity contribution < 1.29 is 10.2 Å². The normalized spacial score (nSPS) is 15.7. The summed E-state index contributed by atoms with van der Waals surface area (Å²) >= 11 is 0. The smallest absolute Gasteiger partial charge is 0.162 e. The number of benzene rings is 4. The van der Waals surface area contributed by atoms with Crippen LogP contribution < -0.4 is 5.32 Å². The van der Waals surface area contributed by atoms with Gasteiger partial charge in [0.15, 0.2) is 11.3 Å². The molecule has 1 aliphatic carbocycles. The largest absolute Gasteiger partial charge is 0.385 e. The molecule has 12 rings (SSSR count). The van der Waals surface area contributed by atoms with Gasteiger partial charge in [0.05, 0.1) is 34.6 Å². The van der Waals surface area contributed by atoms with Gasteiger partial charge in [0.2, 0.25) is 0 Å². The molecular formula is C53H48ClN9O2. The Morgan fingerprint density at radius 2 is 0.892 bits per heavy atom. The predicted molar refractivity (Wildman–Crippen MR) is 259 cm³/mol. The molecule has 1 aliphatic heterocycles. The van der Waals surface area contributed by atoms with E-state index in [0.717, 1.165) is 140 Å². The molecule has 0 amide bonds. The van der Waals surface area contributed by atoms with Crippen LogP contribution in [0.4, 0.5) is 0 Å². The quantitative estimate of drug-likeness (QED) is 0.149. The maximum absolute atomic E-state index is 11.0. The maximum Gasteiger partial charge on any atom is 0.162 e. The van der Waals surface area contributed by atoms with Gasteiger partial charge in [-0.1, -0.05) is 104 Å². The molecule has 324 valence electrons. The summed E-state index contributed by atoms with van der Waals surface area (Å²) in [6, 6.07) is 36.7. The molecule has 3 N–H and O–H groups in total. The van der Waals surface area contributed by atoms with E-state index < -0.39 is 11.2 Å². The lowest BCUT2D eigenvalue weighted by atomic mass is 9.79. The number of rotatable bonds is 6. The third-order valence-electron chi connectivity index (χ3n) is 13.2. The fourth-order valence-electron chi connectivity index (χ4n) is 9.59. The summed E-state index contributed by atoms with van der Waals surface area (Å²) < 4.78 is 3.66. The number of hydrogen-bond donors (Lipinski definition) is 3. The molecule has 6 aromatic heterocycles. The minimum absolute atomic E-state index is 0. The number of nitrogens with zero attached hydrogens (tertiary/aromatic N) is 8. The first-order valence-electron chi connectivity index (χ1n) is 22.1. The summed E-state index contributed by atoms with van der Waals surface area (Å²) in [5, 5.41) is 36.6. The first-order valence-corrected chi connectivity index (χ1v) is 22.1. The van der Waals surface area contributed by atoms with Crippen molar-refractivity contribution in [3.63, 3.8) is 0 Å². The Bertz CT molecular complexity index is 3050. The standard InChI is InChI=1S/C27H24N4O.C26H23N5O.ClH/c32-27(13-4-1-5-14-27)21-10-8-19(9-11-21)20-16-29-26-24(17-30-31(26)18-20)22-12-15-28-25-7-3-2-6-23(22)25;32-26(10-13-27-14-11-26)20-7-5-18(6-8-20)19-15-29-25-23(16-30-31(25)17-19)21-9-12-28-24-4-2-1-3-22(21)24;/h2-3,6-12,15-18,32H,1,4-5,13-14H2;1-9,12,15-17,27,32H,10-11,13-14H2;1H. The third kappa shape index (κ3) is 8.01. The van der Waals surface area contributed by atoms with Gasteiger partial charge in [-0.05, 0) is 96.4 Å². The van der Waals surface area contributed by atoms with Gasteiger partial charge in [0.1, 0.15) is 0 Å². The van der Waals surface area contributed by atoms with E-state index in [1.165, 1.54) is 6.42 Å². The van der Waals surface area contributed by atoms with Gasteiger partial charge in [-0.2, -0.15) is 10.2 Å². The molecule has 0 bridgehead atoms. The van der Waals surface area contributed by atoms with Crippen molar-refractivity contribution >= 4 is 45.5 Å². The second-order valence-electron chi connectivity index (χ2n) is 17.1. The summed E-state index contributed by atoms with van der Waals surface area (Å²) in [6.07, 6.45) is 21.8. The van der Waals surface area contributed by atoms with E-state index in [1.54, 1.807) is 0 Å². The van der Waals surface area contributed by atoms with Crippen molar-refractivity contribution in [2.45, 2.75) is 56.1 Å². The fourth-order valence-corrected chi connectivity index (χ4v) is 9.59. The zero-order valence-electron chi connectivity index (χ0n) is 35.8. The van der Waals surface area contributed by atoms with Crippen molar-refractivity contribution in [2.75, 3.05) is 13.1 Å². The number of aliphatic hydroxyl groups is 2. The van der Waals surface area contributed by atoms with Crippen LogP contribution >= 0.6 is 12.4 Å². The van der Waals surface area contributed by atoms with Crippen LogP contribution in [0, 0.1) is 0 Å². The van der Waals surface area contributed by atoms with E-state index in [0.29, 0.717) is 0 Å². The Balaban J connectivity index is 0.000000151. The zero-order chi connectivity index (χ0) is 43.1. The van der Waals surface area contributed by atoms with E-state index >= 15 is 0 Å². The summed E-state index contributed by atoms with van der Waals surface area (Å²) in [7, 11) is 0. The molecule has 11 nitrogen and oxygen atoms in total. The van der Waals surface area contributed by atoms with Crippen molar-refractivity contribution in [3.8, 4) is 44.5 Å². The lowest BCUT2D eigenvalue weighted by Gasteiger charge is -2.33. The predicted octanol–water partition coefficient (Wildman–Crippen LogP) is 10.4. The molecule has 0 unspecified atom stereocenters. The SMILES string of the molecule is Cl.OC1(c2ccc(-c3cnc4c(-c5ccnc6ccccc56)cnn4c3)cc2)CCCCC1.OC1(c2ccc(-c3cnc4c(-c5ccnc6ccccc56)cnn4c3)cc2)CCNCC1. The highest BCUT2D eigenvalue weighted by molar-refractivity contribution is 5.98. The van der Waals surface area contributed by atoms with E-state index in [1.807, 2.05) is 119 Å². The Hall–Kier alpha value is -6.89. The highest BCUT2D eigenvalue weighted by Gasteiger charge is 2.32. The van der Waals surface area contributed by atoms with E-state index in [2.05, 4.69) is 74.0 Å². The zero-order valence-corrected chi connectivity index (χ0v) is 36.6. The molecule has 65 heavy (non-hydrogen) atoms. The Morgan fingerprint density at radius 3 is 1.37 bits per heavy atom. The molecule has 0 atom stereocenters. The van der Waals surface area contributed by atoms with Crippen LogP contribution in [0.5, 0.6) is 0 Å². The second-order valence-corrected chi connectivity index (χ2v) is 17.1. The monoisotopic (exact) mass is 877 g/mol. The van der Waals surface area contributed by atoms with Crippen LogP contribution in [-0.2, 0) is 11.2 Å². The summed E-state index contributed by atoms with van der Waals surface area (Å²) in [5.41, 5.74) is 12.3. The maximum atomic E-state index is 11.0. The second kappa shape index (κ2) is 17.6. The third-order valence-corrected chi connectivity index (χ3v) is 13.2. The Kier molecular flexibility index (Phi) is 11.4. The average molecular weight is 878 g/mol. The van der Waals surface area contributed by atoms with Gasteiger partial charge >= 0.3 is 0 Å². The molecule has 10 aromatic rings. The van der Waals surface area contributed by atoms with Gasteiger partial charge in [0.25, 0.3) is 0 Å². The van der Waals surface area contributed by atoms with Crippen LogP contribution in [0.15, 0.2) is 159 Å². The lowest BCUT2D eigenvalue weighted by molar-refractivity contribution is -0.000635. The molecule has 2 fully saturated rings. The topological polar surface area (TPSA) is 139 Å². The van der Waals surface area contributed by atoms with Crippen molar-refractivity contribution in [3.05, 3.63) is 170 Å². The molecule has 4 aromatic carbocycles. The molecule has 7 heterocycles. The molecule has 12 heteroatoms. The first-order chi connectivity index (χ1) is 31.4.